The van der Waals surface area contributed by atoms with Gasteiger partial charge in [0.15, 0.2) is 0 Å². The first kappa shape index (κ1) is 13.5. The van der Waals surface area contributed by atoms with E-state index in [4.69, 9.17) is 4.74 Å². The fourth-order valence-corrected chi connectivity index (χ4v) is 1.79. The summed E-state index contributed by atoms with van der Waals surface area (Å²) in [5, 5.41) is 0. The first-order chi connectivity index (χ1) is 8.66. The monoisotopic (exact) mass is 312 g/mol. The van der Waals surface area contributed by atoms with Crippen LogP contribution in [0.5, 0.6) is 0 Å². The van der Waals surface area contributed by atoms with E-state index >= 15 is 0 Å². The molecule has 0 radical (unpaired) electrons. The van der Waals surface area contributed by atoms with Gasteiger partial charge in [-0.15, -0.1) is 0 Å². The second-order valence-electron chi connectivity index (χ2n) is 4.61. The second kappa shape index (κ2) is 6.29. The molecule has 0 saturated heterocycles. The number of carbonyl (C=O) groups excluding carboxylic acids is 1. The van der Waals surface area contributed by atoms with E-state index in [1.165, 1.54) is 12.8 Å². The number of nitrogens with zero attached hydrogens (tertiary/aromatic N) is 2. The molecule has 0 aliphatic heterocycles. The highest BCUT2D eigenvalue weighted by molar-refractivity contribution is 9.10. The van der Waals surface area contributed by atoms with Crippen molar-refractivity contribution >= 4 is 21.8 Å². The molecule has 0 bridgehead atoms. The number of ether oxygens (including phenoxy) is 1. The fourth-order valence-electron chi connectivity index (χ4n) is 1.56. The smallest absolute Gasteiger partial charge is 0.255 e. The summed E-state index contributed by atoms with van der Waals surface area (Å²) in [6.45, 7) is 2.05. The molecule has 2 rings (SSSR count). The molecular weight excluding hydrogens is 296 g/mol. The highest BCUT2D eigenvalue weighted by Gasteiger charge is 2.21. The van der Waals surface area contributed by atoms with Crippen molar-refractivity contribution in [3.63, 3.8) is 0 Å². The molecule has 0 aromatic carbocycles. The molecule has 1 saturated carbocycles. The van der Waals surface area contributed by atoms with Crippen molar-refractivity contribution in [1.29, 1.82) is 0 Å². The number of carbonyl (C=O) groups is 1. The van der Waals surface area contributed by atoms with Crippen molar-refractivity contribution in [1.82, 2.24) is 9.88 Å². The van der Waals surface area contributed by atoms with Gasteiger partial charge in [-0.3, -0.25) is 4.79 Å². The SMILES string of the molecule is CN(CCOCC1CC1)C(=O)c1ccc(Br)nc1. The van der Waals surface area contributed by atoms with Gasteiger partial charge in [0.05, 0.1) is 12.2 Å². The van der Waals surface area contributed by atoms with Crippen LogP contribution < -0.4 is 0 Å². The van der Waals surface area contributed by atoms with Crippen LogP contribution in [0.4, 0.5) is 0 Å². The summed E-state index contributed by atoms with van der Waals surface area (Å²) in [5.41, 5.74) is 0.600. The van der Waals surface area contributed by atoms with Gasteiger partial charge in [0.1, 0.15) is 4.60 Å². The Morgan fingerprint density at radius 1 is 1.56 bits per heavy atom. The Balaban J connectivity index is 1.74. The van der Waals surface area contributed by atoms with Gasteiger partial charge in [-0.2, -0.15) is 0 Å². The van der Waals surface area contributed by atoms with Gasteiger partial charge in [0, 0.05) is 26.4 Å². The van der Waals surface area contributed by atoms with Crippen molar-refractivity contribution in [3.8, 4) is 0 Å². The van der Waals surface area contributed by atoms with Gasteiger partial charge >= 0.3 is 0 Å². The Morgan fingerprint density at radius 2 is 2.33 bits per heavy atom. The third kappa shape index (κ3) is 4.07. The van der Waals surface area contributed by atoms with Crippen LogP contribution in [0.2, 0.25) is 0 Å². The fraction of sp³-hybridized carbons (Fsp3) is 0.538. The minimum atomic E-state index is -0.0231. The largest absolute Gasteiger partial charge is 0.379 e. The van der Waals surface area contributed by atoms with Crippen LogP contribution in [-0.2, 0) is 4.74 Å². The summed E-state index contributed by atoms with van der Waals surface area (Å²) in [4.78, 5) is 17.7. The summed E-state index contributed by atoms with van der Waals surface area (Å²) in [5.74, 6) is 0.742. The topological polar surface area (TPSA) is 42.4 Å². The number of halogens is 1. The molecule has 1 aromatic rings. The molecule has 4 nitrogen and oxygen atoms in total. The number of amides is 1. The summed E-state index contributed by atoms with van der Waals surface area (Å²) in [6.07, 6.45) is 4.16. The molecule has 0 unspecified atom stereocenters. The lowest BCUT2D eigenvalue weighted by atomic mass is 10.2. The molecule has 1 amide bonds. The van der Waals surface area contributed by atoms with Gasteiger partial charge in [-0.25, -0.2) is 4.98 Å². The minimum Gasteiger partial charge on any atom is -0.379 e. The van der Waals surface area contributed by atoms with Gasteiger partial charge in [0.2, 0.25) is 0 Å². The van der Waals surface area contributed by atoms with E-state index in [9.17, 15) is 4.79 Å². The first-order valence-electron chi connectivity index (χ1n) is 6.11. The van der Waals surface area contributed by atoms with Gasteiger partial charge in [-0.05, 0) is 46.8 Å². The molecule has 1 aromatic heterocycles. The Kier molecular flexibility index (Phi) is 4.72. The van der Waals surface area contributed by atoms with Crippen LogP contribution in [0, 0.1) is 5.92 Å². The highest BCUT2D eigenvalue weighted by Crippen LogP contribution is 2.28. The molecule has 0 N–H and O–H groups in total. The third-order valence-electron chi connectivity index (χ3n) is 2.94. The molecule has 5 heteroatoms. The van der Waals surface area contributed by atoms with Crippen LogP contribution in [0.15, 0.2) is 22.9 Å². The lowest BCUT2D eigenvalue weighted by Crippen LogP contribution is -2.30. The zero-order valence-corrected chi connectivity index (χ0v) is 12.0. The van der Waals surface area contributed by atoms with Crippen LogP contribution >= 0.6 is 15.9 Å². The normalized spacial score (nSPS) is 14.6. The molecule has 1 heterocycles. The van der Waals surface area contributed by atoms with Crippen molar-refractivity contribution in [2.45, 2.75) is 12.8 Å². The predicted octanol–water partition coefficient (Wildman–Crippen LogP) is 2.34. The minimum absolute atomic E-state index is 0.0231. The Morgan fingerprint density at radius 3 is 2.94 bits per heavy atom. The Bertz CT molecular complexity index is 404. The molecule has 1 fully saturated rings. The maximum atomic E-state index is 12.0. The highest BCUT2D eigenvalue weighted by atomic mass is 79.9. The molecule has 98 valence electrons. The van der Waals surface area contributed by atoms with E-state index < -0.39 is 0 Å². The van der Waals surface area contributed by atoms with Gasteiger partial charge in [-0.1, -0.05) is 0 Å². The number of aromatic nitrogens is 1. The zero-order valence-electron chi connectivity index (χ0n) is 10.4. The molecule has 0 spiro atoms. The maximum Gasteiger partial charge on any atom is 0.255 e. The zero-order chi connectivity index (χ0) is 13.0. The number of hydrogen-bond acceptors (Lipinski definition) is 3. The quantitative estimate of drug-likeness (QED) is 0.598. The summed E-state index contributed by atoms with van der Waals surface area (Å²) < 4.78 is 6.25. The van der Waals surface area contributed by atoms with Crippen molar-refractivity contribution in [2.75, 3.05) is 26.8 Å². The van der Waals surface area contributed by atoms with E-state index in [-0.39, 0.29) is 5.91 Å². The standard InChI is InChI=1S/C13H17BrN2O2/c1-16(6-7-18-9-10-2-3-10)13(17)11-4-5-12(14)15-8-11/h4-5,8,10H,2-3,6-7,9H2,1H3. The molecule has 18 heavy (non-hydrogen) atoms. The van der Waals surface area contributed by atoms with Gasteiger partial charge in [0.25, 0.3) is 5.91 Å². The van der Waals surface area contributed by atoms with Crippen LogP contribution in [0.3, 0.4) is 0 Å². The van der Waals surface area contributed by atoms with Crippen molar-refractivity contribution in [2.24, 2.45) is 5.92 Å². The van der Waals surface area contributed by atoms with E-state index in [2.05, 4.69) is 20.9 Å². The van der Waals surface area contributed by atoms with Crippen LogP contribution in [0.1, 0.15) is 23.2 Å². The molecule has 0 atom stereocenters. The number of hydrogen-bond donors (Lipinski definition) is 0. The molecule has 1 aliphatic carbocycles. The lowest BCUT2D eigenvalue weighted by molar-refractivity contribution is 0.0680. The van der Waals surface area contributed by atoms with Crippen molar-refractivity contribution in [3.05, 3.63) is 28.5 Å². The van der Waals surface area contributed by atoms with Crippen LogP contribution in [0.25, 0.3) is 0 Å². The van der Waals surface area contributed by atoms with E-state index in [1.54, 1.807) is 30.3 Å². The van der Waals surface area contributed by atoms with Gasteiger partial charge < -0.3 is 9.64 Å². The van der Waals surface area contributed by atoms with E-state index in [1.807, 2.05) is 0 Å². The van der Waals surface area contributed by atoms with Crippen molar-refractivity contribution < 1.29 is 9.53 Å². The summed E-state index contributed by atoms with van der Waals surface area (Å²) in [7, 11) is 1.78. The number of likely N-dealkylation sites (N-methyl/N-ethyl adjacent to an activating group) is 1. The molecule has 1 aliphatic rings. The lowest BCUT2D eigenvalue weighted by Gasteiger charge is -2.17. The van der Waals surface area contributed by atoms with E-state index in [0.29, 0.717) is 18.7 Å². The second-order valence-corrected chi connectivity index (χ2v) is 5.43. The number of pyridine rings is 1. The number of rotatable bonds is 6. The Hall–Kier alpha value is -0.940. The third-order valence-corrected chi connectivity index (χ3v) is 3.41. The van der Waals surface area contributed by atoms with Crippen LogP contribution in [-0.4, -0.2) is 42.6 Å². The average Bonchev–Trinajstić information content (AvgIpc) is 3.18. The first-order valence-corrected chi connectivity index (χ1v) is 6.91. The summed E-state index contributed by atoms with van der Waals surface area (Å²) >= 11 is 3.25. The summed E-state index contributed by atoms with van der Waals surface area (Å²) in [6, 6.07) is 3.53. The Labute approximate surface area is 115 Å². The average molecular weight is 313 g/mol. The van der Waals surface area contributed by atoms with E-state index in [0.717, 1.165) is 17.1 Å². The predicted molar refractivity (Wildman–Crippen MR) is 72.4 cm³/mol. The molecular formula is C13H17BrN2O2. The maximum absolute atomic E-state index is 12.0.